The minimum Gasteiger partial charge on any atom is -0.336 e. The molecule has 0 saturated carbocycles. The number of aromatic nitrogens is 3. The molecule has 1 saturated heterocycles. The molecule has 9 heteroatoms. The highest BCUT2D eigenvalue weighted by atomic mass is 32.1. The summed E-state index contributed by atoms with van der Waals surface area (Å²) in [5.41, 5.74) is 8.67. The first-order valence-corrected chi connectivity index (χ1v) is 11.0. The number of piperidine rings is 1. The molecule has 0 bridgehead atoms. The van der Waals surface area contributed by atoms with Gasteiger partial charge < -0.3 is 10.6 Å². The van der Waals surface area contributed by atoms with E-state index in [1.54, 1.807) is 33.9 Å². The lowest BCUT2D eigenvalue weighted by atomic mass is 10.0. The lowest BCUT2D eigenvalue weighted by Crippen LogP contribution is -2.45. The van der Waals surface area contributed by atoms with E-state index in [-0.39, 0.29) is 17.6 Å². The first-order chi connectivity index (χ1) is 15.5. The summed E-state index contributed by atoms with van der Waals surface area (Å²) >= 11 is 1.33. The molecule has 1 atom stereocenters. The maximum Gasteiger partial charge on any atom is 0.264 e. The summed E-state index contributed by atoms with van der Waals surface area (Å²) in [7, 11) is 0. The number of carbonyl (C=O) groups excluding carboxylic acids is 1. The van der Waals surface area contributed by atoms with Crippen LogP contribution in [0.2, 0.25) is 0 Å². The minimum atomic E-state index is -0.595. The number of halogens is 1. The number of amides is 1. The minimum absolute atomic E-state index is 0.0211. The predicted octanol–water partition coefficient (Wildman–Crippen LogP) is 4.38. The van der Waals surface area contributed by atoms with Crippen LogP contribution in [0.4, 0.5) is 10.1 Å². The van der Waals surface area contributed by atoms with Crippen LogP contribution in [0.5, 0.6) is 0 Å². The Hall–Kier alpha value is -3.61. The molecular formula is C23H19FN6OS. The van der Waals surface area contributed by atoms with E-state index in [2.05, 4.69) is 14.9 Å². The summed E-state index contributed by atoms with van der Waals surface area (Å²) in [6.45, 7) is 8.29. The first-order valence-electron chi connectivity index (χ1n) is 10.2. The second kappa shape index (κ2) is 8.15. The Morgan fingerprint density at radius 1 is 1.28 bits per heavy atom. The highest BCUT2D eigenvalue weighted by Gasteiger charge is 2.26. The second-order valence-electron chi connectivity index (χ2n) is 7.73. The lowest BCUT2D eigenvalue weighted by molar-refractivity contribution is 0.0714. The zero-order chi connectivity index (χ0) is 22.2. The number of carbonyl (C=O) groups is 1. The van der Waals surface area contributed by atoms with Crippen LogP contribution in [0.3, 0.4) is 0 Å². The fourth-order valence-corrected chi connectivity index (χ4v) is 5.07. The summed E-state index contributed by atoms with van der Waals surface area (Å²) < 4.78 is 16.1. The van der Waals surface area contributed by atoms with Gasteiger partial charge in [-0.15, -0.1) is 11.3 Å². The monoisotopic (exact) mass is 446 g/mol. The van der Waals surface area contributed by atoms with E-state index in [0.717, 1.165) is 17.7 Å². The molecule has 4 aromatic rings. The van der Waals surface area contributed by atoms with Crippen LogP contribution in [0, 0.1) is 12.4 Å². The van der Waals surface area contributed by atoms with Crippen LogP contribution >= 0.6 is 11.3 Å². The Kier molecular flexibility index (Phi) is 5.17. The molecule has 1 aromatic carbocycles. The number of fused-ring (bicyclic) bond motifs is 1. The average molecular weight is 447 g/mol. The fraction of sp³-hybridized carbons (Fsp3) is 0.217. The summed E-state index contributed by atoms with van der Waals surface area (Å²) in [5, 5.41) is 4.62. The van der Waals surface area contributed by atoms with Gasteiger partial charge in [0.2, 0.25) is 5.69 Å². The van der Waals surface area contributed by atoms with E-state index in [9.17, 15) is 9.18 Å². The number of hydrogen-bond acceptors (Lipinski definition) is 5. The molecule has 3 aromatic heterocycles. The zero-order valence-corrected chi connectivity index (χ0v) is 17.8. The SMILES string of the molecule is [C-]#[N+]c1ccc(-c2cc(C(=O)N3CCC[C@@H](N)C3)sc2-c2ccc3nccn3n2)cc1F. The molecule has 7 nitrogen and oxygen atoms in total. The van der Waals surface area contributed by atoms with Crippen molar-refractivity contribution in [2.24, 2.45) is 5.73 Å². The molecule has 32 heavy (non-hydrogen) atoms. The fourth-order valence-electron chi connectivity index (χ4n) is 3.95. The number of likely N-dealkylation sites (tertiary alicyclic amines) is 1. The predicted molar refractivity (Wildman–Crippen MR) is 121 cm³/mol. The standard InChI is InChI=1S/C23H19FN6OS/c1-26-18-5-4-14(11-17(18)24)16-12-20(23(31)29-9-2-3-15(25)13-29)32-22(16)19-6-7-21-27-8-10-30(21)28-19/h4-8,10-12,15H,2-3,9,13,25H2/t15-/m1/s1. The Morgan fingerprint density at radius 2 is 2.16 bits per heavy atom. The van der Waals surface area contributed by atoms with E-state index in [1.165, 1.54) is 23.5 Å². The Bertz CT molecular complexity index is 1370. The van der Waals surface area contributed by atoms with Crippen LogP contribution in [-0.4, -0.2) is 44.5 Å². The molecule has 0 radical (unpaired) electrons. The number of thiophene rings is 1. The van der Waals surface area contributed by atoms with Gasteiger partial charge in [0.15, 0.2) is 5.65 Å². The number of hydrogen-bond donors (Lipinski definition) is 1. The molecule has 160 valence electrons. The summed E-state index contributed by atoms with van der Waals surface area (Å²) in [4.78, 5) is 23.7. The number of nitrogens with two attached hydrogens (primary N) is 1. The first kappa shape index (κ1) is 20.3. The van der Waals surface area contributed by atoms with Gasteiger partial charge in [-0.3, -0.25) is 4.79 Å². The van der Waals surface area contributed by atoms with E-state index in [0.29, 0.717) is 40.4 Å². The third-order valence-electron chi connectivity index (χ3n) is 5.55. The number of rotatable bonds is 3. The maximum absolute atomic E-state index is 14.4. The molecule has 0 unspecified atom stereocenters. The van der Waals surface area contributed by atoms with Crippen molar-refractivity contribution in [3.63, 3.8) is 0 Å². The largest absolute Gasteiger partial charge is 0.336 e. The van der Waals surface area contributed by atoms with Crippen molar-refractivity contribution in [3.05, 3.63) is 70.9 Å². The third-order valence-corrected chi connectivity index (χ3v) is 6.70. The molecule has 1 aliphatic heterocycles. The smallest absolute Gasteiger partial charge is 0.264 e. The molecule has 4 heterocycles. The highest BCUT2D eigenvalue weighted by molar-refractivity contribution is 7.18. The maximum atomic E-state index is 14.4. The zero-order valence-electron chi connectivity index (χ0n) is 17.0. The van der Waals surface area contributed by atoms with Crippen molar-refractivity contribution in [3.8, 4) is 21.7 Å². The number of nitrogens with zero attached hydrogens (tertiary/aromatic N) is 5. The van der Waals surface area contributed by atoms with Crippen LogP contribution < -0.4 is 5.73 Å². The molecule has 5 rings (SSSR count). The normalized spacial score (nSPS) is 16.3. The molecule has 1 fully saturated rings. The topological polar surface area (TPSA) is 80.9 Å². The number of imidazole rings is 1. The molecule has 2 N–H and O–H groups in total. The van der Waals surface area contributed by atoms with Gasteiger partial charge >= 0.3 is 0 Å². The van der Waals surface area contributed by atoms with Crippen molar-refractivity contribution in [1.29, 1.82) is 0 Å². The average Bonchev–Trinajstić information content (AvgIpc) is 3.45. The lowest BCUT2D eigenvalue weighted by Gasteiger charge is -2.30. The Morgan fingerprint density at radius 3 is 2.94 bits per heavy atom. The van der Waals surface area contributed by atoms with Crippen molar-refractivity contribution in [2.45, 2.75) is 18.9 Å². The highest BCUT2D eigenvalue weighted by Crippen LogP contribution is 2.40. The van der Waals surface area contributed by atoms with Gasteiger partial charge in [0.05, 0.1) is 16.3 Å². The van der Waals surface area contributed by atoms with E-state index < -0.39 is 5.82 Å². The second-order valence-corrected chi connectivity index (χ2v) is 8.79. The van der Waals surface area contributed by atoms with Crippen LogP contribution in [0.1, 0.15) is 22.5 Å². The Labute approximate surface area is 187 Å². The Balaban J connectivity index is 1.62. The summed E-state index contributed by atoms with van der Waals surface area (Å²) in [6, 6.07) is 9.94. The van der Waals surface area contributed by atoms with E-state index in [4.69, 9.17) is 12.3 Å². The molecule has 1 amide bonds. The van der Waals surface area contributed by atoms with Gasteiger partial charge in [0.1, 0.15) is 11.5 Å². The van der Waals surface area contributed by atoms with Crippen molar-refractivity contribution < 1.29 is 9.18 Å². The van der Waals surface area contributed by atoms with E-state index in [1.807, 2.05) is 12.1 Å². The van der Waals surface area contributed by atoms with Crippen LogP contribution in [0.15, 0.2) is 48.8 Å². The molecule has 1 aliphatic rings. The van der Waals surface area contributed by atoms with Gasteiger partial charge in [-0.25, -0.2) is 18.7 Å². The van der Waals surface area contributed by atoms with Crippen LogP contribution in [-0.2, 0) is 0 Å². The van der Waals surface area contributed by atoms with Crippen molar-refractivity contribution >= 4 is 28.6 Å². The van der Waals surface area contributed by atoms with Crippen molar-refractivity contribution in [1.82, 2.24) is 19.5 Å². The van der Waals surface area contributed by atoms with Gasteiger partial charge in [-0.2, -0.15) is 5.10 Å². The number of benzene rings is 1. The van der Waals surface area contributed by atoms with Gasteiger partial charge in [0, 0.05) is 37.1 Å². The molecular weight excluding hydrogens is 427 g/mol. The quantitative estimate of drug-likeness (QED) is 0.474. The van der Waals surface area contributed by atoms with Gasteiger partial charge in [-0.1, -0.05) is 12.1 Å². The summed E-state index contributed by atoms with van der Waals surface area (Å²) in [6.07, 6.45) is 5.19. The van der Waals surface area contributed by atoms with Crippen LogP contribution in [0.25, 0.3) is 32.2 Å². The van der Waals surface area contributed by atoms with Crippen molar-refractivity contribution in [2.75, 3.05) is 13.1 Å². The molecule has 0 aliphatic carbocycles. The summed E-state index contributed by atoms with van der Waals surface area (Å²) in [5.74, 6) is -0.679. The third kappa shape index (κ3) is 3.64. The van der Waals surface area contributed by atoms with Gasteiger partial charge in [0.25, 0.3) is 5.91 Å². The molecule has 0 spiro atoms. The van der Waals surface area contributed by atoms with E-state index >= 15 is 0 Å². The van der Waals surface area contributed by atoms with Gasteiger partial charge in [-0.05, 0) is 42.7 Å².